The summed E-state index contributed by atoms with van der Waals surface area (Å²) in [5, 5.41) is 8.66. The van der Waals surface area contributed by atoms with E-state index in [1.54, 1.807) is 6.92 Å². The van der Waals surface area contributed by atoms with E-state index in [0.29, 0.717) is 12.8 Å². The van der Waals surface area contributed by atoms with E-state index in [1.165, 1.54) is 0 Å². The lowest BCUT2D eigenvalue weighted by Gasteiger charge is -2.24. The summed E-state index contributed by atoms with van der Waals surface area (Å²) in [4.78, 5) is 34.2. The number of hydrogen-bond donors (Lipinski definition) is 1. The highest BCUT2D eigenvalue weighted by molar-refractivity contribution is 5.98. The van der Waals surface area contributed by atoms with Crippen LogP contribution in [-0.2, 0) is 19.1 Å². The third kappa shape index (κ3) is 3.30. The van der Waals surface area contributed by atoms with Gasteiger partial charge in [0, 0.05) is 6.54 Å². The van der Waals surface area contributed by atoms with E-state index in [2.05, 4.69) is 0 Å². The van der Waals surface area contributed by atoms with Crippen molar-refractivity contribution in [2.24, 2.45) is 5.92 Å². The lowest BCUT2D eigenvalue weighted by Crippen LogP contribution is -2.46. The minimum atomic E-state index is -0.861. The van der Waals surface area contributed by atoms with Crippen molar-refractivity contribution in [3.8, 4) is 0 Å². The van der Waals surface area contributed by atoms with Crippen molar-refractivity contribution in [1.82, 2.24) is 4.90 Å². The Balaban J connectivity index is 2.33. The summed E-state index contributed by atoms with van der Waals surface area (Å²) in [5.74, 6) is -2.01. The fourth-order valence-electron chi connectivity index (χ4n) is 1.45. The third-order valence-electron chi connectivity index (χ3n) is 2.49. The van der Waals surface area contributed by atoms with E-state index in [1.807, 2.05) is 0 Å². The molecule has 1 fully saturated rings. The molecule has 0 aromatic rings. The molecule has 1 atom stereocenters. The van der Waals surface area contributed by atoms with Crippen LogP contribution in [0.1, 0.15) is 19.8 Å². The molecular formula is C10H15NO5. The van der Waals surface area contributed by atoms with E-state index in [4.69, 9.17) is 9.84 Å². The fourth-order valence-corrected chi connectivity index (χ4v) is 1.45. The second-order valence-corrected chi connectivity index (χ2v) is 3.81. The molecule has 1 heterocycles. The van der Waals surface area contributed by atoms with Gasteiger partial charge in [0.05, 0.1) is 5.92 Å². The molecule has 1 rings (SSSR count). The highest BCUT2D eigenvalue weighted by Crippen LogP contribution is 2.08. The first-order valence-electron chi connectivity index (χ1n) is 5.16. The van der Waals surface area contributed by atoms with Crippen LogP contribution < -0.4 is 0 Å². The quantitative estimate of drug-likeness (QED) is 0.664. The van der Waals surface area contributed by atoms with Crippen LogP contribution in [0.5, 0.6) is 0 Å². The number of aliphatic carboxylic acids is 1. The van der Waals surface area contributed by atoms with Gasteiger partial charge in [-0.15, -0.1) is 0 Å². The monoisotopic (exact) mass is 229 g/mol. The smallest absolute Gasteiger partial charge is 0.306 e. The Morgan fingerprint density at radius 3 is 2.50 bits per heavy atom. The van der Waals surface area contributed by atoms with Gasteiger partial charge in [-0.05, 0) is 12.8 Å². The number of hydrogen-bond acceptors (Lipinski definition) is 4. The van der Waals surface area contributed by atoms with Gasteiger partial charge >= 0.3 is 5.97 Å². The molecule has 0 radical (unpaired) electrons. The molecule has 1 aliphatic heterocycles. The third-order valence-corrected chi connectivity index (χ3v) is 2.49. The normalized spacial score (nSPS) is 18.7. The largest absolute Gasteiger partial charge is 0.481 e. The van der Waals surface area contributed by atoms with Gasteiger partial charge < -0.3 is 9.84 Å². The van der Waals surface area contributed by atoms with Crippen LogP contribution in [0.4, 0.5) is 0 Å². The van der Waals surface area contributed by atoms with Crippen molar-refractivity contribution in [3.63, 3.8) is 0 Å². The van der Waals surface area contributed by atoms with Crippen molar-refractivity contribution in [2.45, 2.75) is 19.8 Å². The molecule has 1 N–H and O–H groups in total. The first-order chi connectivity index (χ1) is 7.52. The Bertz CT molecular complexity index is 286. The van der Waals surface area contributed by atoms with Gasteiger partial charge in [-0.1, -0.05) is 6.92 Å². The number of carboxylic acid groups (broad SMARTS) is 1. The average molecular weight is 229 g/mol. The number of morpholine rings is 1. The van der Waals surface area contributed by atoms with Crippen LogP contribution in [0.2, 0.25) is 0 Å². The van der Waals surface area contributed by atoms with E-state index in [9.17, 15) is 14.4 Å². The van der Waals surface area contributed by atoms with Gasteiger partial charge in [-0.25, -0.2) is 0 Å². The van der Waals surface area contributed by atoms with Crippen LogP contribution in [0.25, 0.3) is 0 Å². The van der Waals surface area contributed by atoms with Gasteiger partial charge in [0.2, 0.25) is 0 Å². The molecule has 0 saturated carbocycles. The van der Waals surface area contributed by atoms with Gasteiger partial charge in [-0.3, -0.25) is 19.3 Å². The van der Waals surface area contributed by atoms with Gasteiger partial charge in [-0.2, -0.15) is 0 Å². The van der Waals surface area contributed by atoms with Gasteiger partial charge in [0.1, 0.15) is 13.2 Å². The van der Waals surface area contributed by atoms with Crippen molar-refractivity contribution in [3.05, 3.63) is 0 Å². The maximum absolute atomic E-state index is 11.3. The number of ether oxygens (including phenoxy) is 1. The first kappa shape index (κ1) is 12.6. The Morgan fingerprint density at radius 2 is 2.00 bits per heavy atom. The number of amides is 2. The molecule has 0 aromatic carbocycles. The maximum Gasteiger partial charge on any atom is 0.306 e. The van der Waals surface area contributed by atoms with E-state index in [0.717, 1.165) is 4.90 Å². The number of carbonyl (C=O) groups excluding carboxylic acids is 2. The molecule has 90 valence electrons. The Labute approximate surface area is 93.2 Å². The molecule has 1 unspecified atom stereocenters. The van der Waals surface area contributed by atoms with Crippen molar-refractivity contribution in [1.29, 1.82) is 0 Å². The zero-order chi connectivity index (χ0) is 12.1. The summed E-state index contributed by atoms with van der Waals surface area (Å²) >= 11 is 0. The molecule has 1 aliphatic rings. The molecule has 16 heavy (non-hydrogen) atoms. The highest BCUT2D eigenvalue weighted by Gasteiger charge is 2.26. The minimum Gasteiger partial charge on any atom is -0.481 e. The summed E-state index contributed by atoms with van der Waals surface area (Å²) in [6.07, 6.45) is 0.957. The Kier molecular flexibility index (Phi) is 4.42. The summed E-state index contributed by atoms with van der Waals surface area (Å²) in [6, 6.07) is 0. The van der Waals surface area contributed by atoms with Crippen LogP contribution in [0.3, 0.4) is 0 Å². The summed E-state index contributed by atoms with van der Waals surface area (Å²) < 4.78 is 4.76. The van der Waals surface area contributed by atoms with Gasteiger partial charge in [0.25, 0.3) is 11.8 Å². The SMILES string of the molecule is CC(CCCN1C(=O)COCC1=O)C(=O)O. The number of carboxylic acids is 1. The number of rotatable bonds is 5. The lowest BCUT2D eigenvalue weighted by atomic mass is 10.1. The molecule has 0 spiro atoms. The van der Waals surface area contributed by atoms with E-state index < -0.39 is 11.9 Å². The maximum atomic E-state index is 11.3. The highest BCUT2D eigenvalue weighted by atomic mass is 16.5. The second kappa shape index (κ2) is 5.60. The van der Waals surface area contributed by atoms with Crippen LogP contribution in [0.15, 0.2) is 0 Å². The standard InChI is InChI=1S/C10H15NO5/c1-7(10(14)15)3-2-4-11-8(12)5-16-6-9(11)13/h7H,2-6H2,1H3,(H,14,15). The number of imide groups is 1. The zero-order valence-electron chi connectivity index (χ0n) is 9.14. The fraction of sp³-hybridized carbons (Fsp3) is 0.700. The summed E-state index contributed by atoms with van der Waals surface area (Å²) in [6.45, 7) is 1.74. The van der Waals surface area contributed by atoms with Crippen LogP contribution in [0, 0.1) is 5.92 Å². The van der Waals surface area contributed by atoms with E-state index >= 15 is 0 Å². The Morgan fingerprint density at radius 1 is 1.44 bits per heavy atom. The second-order valence-electron chi connectivity index (χ2n) is 3.81. The van der Waals surface area contributed by atoms with Crippen molar-refractivity contribution >= 4 is 17.8 Å². The molecule has 6 nitrogen and oxygen atoms in total. The molecule has 0 aliphatic carbocycles. The topological polar surface area (TPSA) is 83.9 Å². The van der Waals surface area contributed by atoms with Crippen molar-refractivity contribution in [2.75, 3.05) is 19.8 Å². The molecule has 1 saturated heterocycles. The molecule has 6 heteroatoms. The van der Waals surface area contributed by atoms with Crippen molar-refractivity contribution < 1.29 is 24.2 Å². The number of carbonyl (C=O) groups is 3. The Hall–Kier alpha value is -1.43. The first-order valence-corrected chi connectivity index (χ1v) is 5.16. The lowest BCUT2D eigenvalue weighted by molar-refractivity contribution is -0.158. The zero-order valence-corrected chi connectivity index (χ0v) is 9.14. The number of nitrogens with zero attached hydrogens (tertiary/aromatic N) is 1. The van der Waals surface area contributed by atoms with Crippen LogP contribution in [-0.4, -0.2) is 47.5 Å². The molecule has 2 amide bonds. The summed E-state index contributed by atoms with van der Waals surface area (Å²) in [5.41, 5.74) is 0. The van der Waals surface area contributed by atoms with Gasteiger partial charge in [0.15, 0.2) is 0 Å². The average Bonchev–Trinajstić information content (AvgIpc) is 2.22. The molecule has 0 bridgehead atoms. The predicted octanol–water partition coefficient (Wildman–Crippen LogP) is -0.127. The predicted molar refractivity (Wildman–Crippen MR) is 53.6 cm³/mol. The molecule has 0 aromatic heterocycles. The minimum absolute atomic E-state index is 0.0692. The van der Waals surface area contributed by atoms with Crippen LogP contribution >= 0.6 is 0 Å². The summed E-state index contributed by atoms with van der Waals surface area (Å²) in [7, 11) is 0. The van der Waals surface area contributed by atoms with E-state index in [-0.39, 0.29) is 31.6 Å². The molecular weight excluding hydrogens is 214 g/mol.